The second-order valence-electron chi connectivity index (χ2n) is 5.93. The van der Waals surface area contributed by atoms with Crippen LogP contribution in [0.4, 0.5) is 10.5 Å². The fraction of sp³-hybridized carbons (Fsp3) is 0.588. The molecule has 0 heterocycles. The quantitative estimate of drug-likeness (QED) is 0.835. The van der Waals surface area contributed by atoms with Crippen molar-refractivity contribution in [3.63, 3.8) is 0 Å². The summed E-state index contributed by atoms with van der Waals surface area (Å²) in [6.07, 6.45) is 0. The lowest BCUT2D eigenvalue weighted by atomic mass is 10.1. The molecule has 2 N–H and O–H groups in total. The first-order valence-corrected chi connectivity index (χ1v) is 7.74. The SMILES string of the molecule is CCNC(C)c1cccc(NC(=O)N(C)C(C)C(C)C)c1. The van der Waals surface area contributed by atoms with Gasteiger partial charge in [0.2, 0.25) is 0 Å². The predicted molar refractivity (Wildman–Crippen MR) is 89.6 cm³/mol. The molecule has 0 aliphatic carbocycles. The summed E-state index contributed by atoms with van der Waals surface area (Å²) in [6, 6.07) is 8.42. The van der Waals surface area contributed by atoms with E-state index in [1.165, 1.54) is 5.56 Å². The molecule has 0 radical (unpaired) electrons. The molecule has 118 valence electrons. The van der Waals surface area contributed by atoms with Gasteiger partial charge in [-0.3, -0.25) is 0 Å². The number of carbonyl (C=O) groups is 1. The average molecular weight is 291 g/mol. The van der Waals surface area contributed by atoms with Crippen LogP contribution in [0, 0.1) is 5.92 Å². The zero-order chi connectivity index (χ0) is 16.0. The fourth-order valence-electron chi connectivity index (χ4n) is 2.15. The number of rotatable bonds is 6. The number of anilines is 1. The van der Waals surface area contributed by atoms with Crippen molar-refractivity contribution in [2.45, 2.75) is 46.7 Å². The van der Waals surface area contributed by atoms with Crippen LogP contribution in [0.25, 0.3) is 0 Å². The van der Waals surface area contributed by atoms with E-state index in [1.807, 2.05) is 25.2 Å². The van der Waals surface area contributed by atoms with Crippen molar-refractivity contribution in [1.82, 2.24) is 10.2 Å². The number of carbonyl (C=O) groups excluding carboxylic acids is 1. The molecular formula is C17H29N3O. The van der Waals surface area contributed by atoms with Crippen molar-refractivity contribution >= 4 is 11.7 Å². The minimum absolute atomic E-state index is 0.0653. The Morgan fingerprint density at radius 3 is 2.48 bits per heavy atom. The first-order chi connectivity index (χ1) is 9.86. The van der Waals surface area contributed by atoms with E-state index >= 15 is 0 Å². The lowest BCUT2D eigenvalue weighted by Crippen LogP contribution is -2.40. The summed E-state index contributed by atoms with van der Waals surface area (Å²) in [5.74, 6) is 0.431. The number of hydrogen-bond donors (Lipinski definition) is 2. The van der Waals surface area contributed by atoms with Gasteiger partial charge in [0.1, 0.15) is 0 Å². The highest BCUT2D eigenvalue weighted by Gasteiger charge is 2.18. The van der Waals surface area contributed by atoms with E-state index in [1.54, 1.807) is 4.90 Å². The van der Waals surface area contributed by atoms with Crippen molar-refractivity contribution in [3.05, 3.63) is 29.8 Å². The highest BCUT2D eigenvalue weighted by molar-refractivity contribution is 5.89. The Bertz CT molecular complexity index is 459. The summed E-state index contributed by atoms with van der Waals surface area (Å²) >= 11 is 0. The molecule has 1 aromatic carbocycles. The molecule has 0 bridgehead atoms. The van der Waals surface area contributed by atoms with Crippen LogP contribution >= 0.6 is 0 Å². The van der Waals surface area contributed by atoms with Gasteiger partial charge in [0.05, 0.1) is 0 Å². The van der Waals surface area contributed by atoms with Gasteiger partial charge in [0, 0.05) is 24.8 Å². The normalized spacial score (nSPS) is 13.9. The first-order valence-electron chi connectivity index (χ1n) is 7.74. The Hall–Kier alpha value is -1.55. The Kier molecular flexibility index (Phi) is 6.69. The molecule has 1 aromatic rings. The maximum Gasteiger partial charge on any atom is 0.321 e. The Morgan fingerprint density at radius 1 is 1.24 bits per heavy atom. The lowest BCUT2D eigenvalue weighted by Gasteiger charge is -2.28. The predicted octanol–water partition coefficient (Wildman–Crippen LogP) is 3.87. The van der Waals surface area contributed by atoms with E-state index in [-0.39, 0.29) is 18.1 Å². The zero-order valence-electron chi connectivity index (χ0n) is 14.1. The number of urea groups is 1. The van der Waals surface area contributed by atoms with Crippen LogP contribution in [0.2, 0.25) is 0 Å². The van der Waals surface area contributed by atoms with E-state index in [0.717, 1.165) is 12.2 Å². The summed E-state index contributed by atoms with van der Waals surface area (Å²) in [7, 11) is 1.84. The zero-order valence-corrected chi connectivity index (χ0v) is 14.1. The first kappa shape index (κ1) is 17.5. The third-order valence-electron chi connectivity index (χ3n) is 4.04. The van der Waals surface area contributed by atoms with Gasteiger partial charge in [-0.1, -0.05) is 32.9 Å². The van der Waals surface area contributed by atoms with Gasteiger partial charge in [-0.25, -0.2) is 4.79 Å². The maximum atomic E-state index is 12.3. The Labute approximate surface area is 128 Å². The molecule has 0 spiro atoms. The van der Waals surface area contributed by atoms with Crippen LogP contribution in [0.5, 0.6) is 0 Å². The van der Waals surface area contributed by atoms with Crippen molar-refractivity contribution < 1.29 is 4.79 Å². The third-order valence-corrected chi connectivity index (χ3v) is 4.04. The van der Waals surface area contributed by atoms with Crippen molar-refractivity contribution in [3.8, 4) is 0 Å². The molecule has 0 aliphatic rings. The second-order valence-corrected chi connectivity index (χ2v) is 5.93. The summed E-state index contributed by atoms with van der Waals surface area (Å²) in [6.45, 7) is 11.4. The van der Waals surface area contributed by atoms with Gasteiger partial charge in [0.15, 0.2) is 0 Å². The van der Waals surface area contributed by atoms with E-state index in [4.69, 9.17) is 0 Å². The number of benzene rings is 1. The Balaban J connectivity index is 2.74. The van der Waals surface area contributed by atoms with Gasteiger partial charge in [-0.05, 0) is 44.0 Å². The molecule has 2 atom stereocenters. The fourth-order valence-corrected chi connectivity index (χ4v) is 2.15. The summed E-state index contributed by atoms with van der Waals surface area (Å²) in [5, 5.41) is 6.35. The van der Waals surface area contributed by atoms with Crippen molar-refractivity contribution in [1.29, 1.82) is 0 Å². The van der Waals surface area contributed by atoms with Crippen LogP contribution in [0.15, 0.2) is 24.3 Å². The summed E-state index contributed by atoms with van der Waals surface area (Å²) < 4.78 is 0. The van der Waals surface area contributed by atoms with Gasteiger partial charge < -0.3 is 15.5 Å². The molecular weight excluding hydrogens is 262 g/mol. The minimum Gasteiger partial charge on any atom is -0.325 e. The van der Waals surface area contributed by atoms with Crippen LogP contribution in [0.1, 0.15) is 46.2 Å². The smallest absolute Gasteiger partial charge is 0.321 e. The molecule has 1 rings (SSSR count). The number of nitrogens with zero attached hydrogens (tertiary/aromatic N) is 1. The van der Waals surface area contributed by atoms with E-state index in [2.05, 4.69) is 51.3 Å². The van der Waals surface area contributed by atoms with Crippen molar-refractivity contribution in [2.75, 3.05) is 18.9 Å². The number of nitrogens with one attached hydrogen (secondary N) is 2. The largest absolute Gasteiger partial charge is 0.325 e. The molecule has 0 aliphatic heterocycles. The molecule has 2 unspecified atom stereocenters. The summed E-state index contributed by atoms with van der Waals surface area (Å²) in [5.41, 5.74) is 2.01. The monoisotopic (exact) mass is 291 g/mol. The van der Waals surface area contributed by atoms with E-state index in [9.17, 15) is 4.79 Å². The van der Waals surface area contributed by atoms with E-state index < -0.39 is 0 Å². The molecule has 4 nitrogen and oxygen atoms in total. The van der Waals surface area contributed by atoms with Gasteiger partial charge in [-0.15, -0.1) is 0 Å². The topological polar surface area (TPSA) is 44.4 Å². The summed E-state index contributed by atoms with van der Waals surface area (Å²) in [4.78, 5) is 14.0. The maximum absolute atomic E-state index is 12.3. The molecule has 0 saturated heterocycles. The van der Waals surface area contributed by atoms with Crippen LogP contribution in [-0.4, -0.2) is 30.6 Å². The molecule has 21 heavy (non-hydrogen) atoms. The van der Waals surface area contributed by atoms with Gasteiger partial charge in [0.25, 0.3) is 0 Å². The highest BCUT2D eigenvalue weighted by Crippen LogP contribution is 2.18. The van der Waals surface area contributed by atoms with Crippen LogP contribution in [0.3, 0.4) is 0 Å². The highest BCUT2D eigenvalue weighted by atomic mass is 16.2. The van der Waals surface area contributed by atoms with Crippen molar-refractivity contribution in [2.24, 2.45) is 5.92 Å². The number of amides is 2. The molecule has 0 saturated carbocycles. The van der Waals surface area contributed by atoms with Gasteiger partial charge >= 0.3 is 6.03 Å². The van der Waals surface area contributed by atoms with Crippen LogP contribution < -0.4 is 10.6 Å². The molecule has 0 fully saturated rings. The standard InChI is InChI=1S/C17H29N3O/c1-7-18-13(4)15-9-8-10-16(11-15)19-17(21)20(6)14(5)12(2)3/h8-14,18H,7H2,1-6H3,(H,19,21). The molecule has 0 aromatic heterocycles. The van der Waals surface area contributed by atoms with Crippen LogP contribution in [-0.2, 0) is 0 Å². The average Bonchev–Trinajstić information content (AvgIpc) is 2.46. The minimum atomic E-state index is -0.0653. The van der Waals surface area contributed by atoms with E-state index in [0.29, 0.717) is 5.92 Å². The van der Waals surface area contributed by atoms with Gasteiger partial charge in [-0.2, -0.15) is 0 Å². The molecule has 2 amide bonds. The Morgan fingerprint density at radius 2 is 1.90 bits per heavy atom. The second kappa shape index (κ2) is 8.03. The third kappa shape index (κ3) is 5.05. The lowest BCUT2D eigenvalue weighted by molar-refractivity contribution is 0.193. The number of hydrogen-bond acceptors (Lipinski definition) is 2. The molecule has 4 heteroatoms.